The van der Waals surface area contributed by atoms with Crippen LogP contribution < -0.4 is 0 Å². The summed E-state index contributed by atoms with van der Waals surface area (Å²) in [4.78, 5) is 0. The number of hydrogen-bond acceptors (Lipinski definition) is 0. The lowest BCUT2D eigenvalue weighted by Crippen LogP contribution is -1.82. The van der Waals surface area contributed by atoms with Gasteiger partial charge in [-0.2, -0.15) is 0 Å². The average molecular weight is 118 g/mol. The summed E-state index contributed by atoms with van der Waals surface area (Å²) in [6, 6.07) is 0. The van der Waals surface area contributed by atoms with Crippen LogP contribution in [-0.4, -0.2) is 18.8 Å². The van der Waals surface area contributed by atoms with Gasteiger partial charge in [0.25, 0.3) is 0 Å². The fourth-order valence-electron chi connectivity index (χ4n) is 0.408. The van der Waals surface area contributed by atoms with Gasteiger partial charge in [0.1, 0.15) is 0 Å². The maximum atomic E-state index is 2.27. The first kappa shape index (κ1) is 7.09. The first-order chi connectivity index (χ1) is 3.06. The van der Waals surface area contributed by atoms with E-state index in [0.717, 1.165) is 0 Å². The smallest absolute Gasteiger partial charge is 0.0316 e. The predicted molar refractivity (Wildman–Crippen MR) is 40.2 cm³/mol. The summed E-state index contributed by atoms with van der Waals surface area (Å²) in [7, 11) is -0.355. The van der Waals surface area contributed by atoms with Crippen LogP contribution in [0.4, 0.5) is 0 Å². The second-order valence-electron chi connectivity index (χ2n) is 2.40. The van der Waals surface area contributed by atoms with Crippen molar-refractivity contribution in [3.8, 4) is 0 Å². The summed E-state index contributed by atoms with van der Waals surface area (Å²) in [6.07, 6.45) is 8.93. The molecule has 0 atom stereocenters. The van der Waals surface area contributed by atoms with Gasteiger partial charge in [0.05, 0.1) is 0 Å². The molecule has 0 saturated carbocycles. The van der Waals surface area contributed by atoms with Crippen molar-refractivity contribution in [2.45, 2.75) is 6.92 Å². The van der Waals surface area contributed by atoms with Crippen molar-refractivity contribution < 1.29 is 0 Å². The lowest BCUT2D eigenvalue weighted by molar-refractivity contribution is 1.78. The van der Waals surface area contributed by atoms with Crippen LogP contribution in [0.5, 0.6) is 0 Å². The van der Waals surface area contributed by atoms with Crippen molar-refractivity contribution in [2.24, 2.45) is 0 Å². The molecule has 7 heavy (non-hydrogen) atoms. The summed E-state index contributed by atoms with van der Waals surface area (Å²) in [6.45, 7) is 2.07. The van der Waals surface area contributed by atoms with Crippen LogP contribution in [0.3, 0.4) is 0 Å². The molecule has 0 N–H and O–H groups in total. The van der Waals surface area contributed by atoms with E-state index in [-0.39, 0.29) is 10.0 Å². The zero-order valence-corrected chi connectivity index (χ0v) is 6.38. The average Bonchev–Trinajstić information content (AvgIpc) is 1.30. The molecular formula is C6H14S. The summed E-state index contributed by atoms with van der Waals surface area (Å²) >= 11 is 0. The molecule has 0 heterocycles. The minimum Gasteiger partial charge on any atom is -0.230 e. The molecule has 0 aliphatic heterocycles. The standard InChI is InChI=1S/C6H14S/c1-5-6-7(2,3)4/h5-6H,1-4H3/b6-5+. The lowest BCUT2D eigenvalue weighted by atomic mass is 10.8. The van der Waals surface area contributed by atoms with Crippen molar-refractivity contribution in [1.29, 1.82) is 0 Å². The number of rotatable bonds is 1. The monoisotopic (exact) mass is 118 g/mol. The predicted octanol–water partition coefficient (Wildman–Crippen LogP) is 2.21. The molecule has 44 valence electrons. The molecule has 0 aromatic heterocycles. The SMILES string of the molecule is C/C=C/S(C)(C)C. The van der Waals surface area contributed by atoms with Crippen molar-refractivity contribution in [2.75, 3.05) is 18.8 Å². The van der Waals surface area contributed by atoms with Crippen molar-refractivity contribution in [3.63, 3.8) is 0 Å². The van der Waals surface area contributed by atoms with Gasteiger partial charge in [0.2, 0.25) is 0 Å². The number of allylic oxidation sites excluding steroid dienone is 1. The molecule has 0 radical (unpaired) electrons. The molecule has 0 bridgehead atoms. The lowest BCUT2D eigenvalue weighted by Gasteiger charge is -2.18. The first-order valence-corrected chi connectivity index (χ1v) is 5.29. The maximum Gasteiger partial charge on any atom is -0.0316 e. The normalized spacial score (nSPS) is 15.4. The second kappa shape index (κ2) is 2.41. The van der Waals surface area contributed by atoms with Gasteiger partial charge in [0, 0.05) is 0 Å². The molecule has 0 aliphatic rings. The molecule has 0 saturated heterocycles. The third-order valence-corrected chi connectivity index (χ3v) is 1.63. The van der Waals surface area contributed by atoms with Gasteiger partial charge >= 0.3 is 0 Å². The minimum atomic E-state index is -0.355. The van der Waals surface area contributed by atoms with Crippen molar-refractivity contribution >= 4 is 10.0 Å². The third kappa shape index (κ3) is 6.09. The molecular weight excluding hydrogens is 104 g/mol. The Morgan fingerprint density at radius 3 is 1.57 bits per heavy atom. The van der Waals surface area contributed by atoms with Crippen LogP contribution in [0.15, 0.2) is 11.5 Å². The highest BCUT2D eigenvalue weighted by Crippen LogP contribution is 2.35. The number of hydrogen-bond donors (Lipinski definition) is 0. The third-order valence-electron chi connectivity index (χ3n) is 0.544. The Hall–Kier alpha value is 0.0900. The Labute approximate surface area is 47.9 Å². The van der Waals surface area contributed by atoms with Crippen LogP contribution in [0.2, 0.25) is 0 Å². The molecule has 0 spiro atoms. The minimum absolute atomic E-state index is 0.355. The van der Waals surface area contributed by atoms with E-state index >= 15 is 0 Å². The molecule has 0 fully saturated rings. The quantitative estimate of drug-likeness (QED) is 0.495. The summed E-state index contributed by atoms with van der Waals surface area (Å²) < 4.78 is 0. The summed E-state index contributed by atoms with van der Waals surface area (Å²) in [5, 5.41) is 2.27. The fraction of sp³-hybridized carbons (Fsp3) is 0.667. The molecule has 0 amide bonds. The zero-order chi connectivity index (χ0) is 5.91. The molecule has 0 rings (SSSR count). The fourth-order valence-corrected chi connectivity index (χ4v) is 1.22. The summed E-state index contributed by atoms with van der Waals surface area (Å²) in [5.74, 6) is 0. The van der Waals surface area contributed by atoms with E-state index in [1.807, 2.05) is 0 Å². The molecule has 0 unspecified atom stereocenters. The van der Waals surface area contributed by atoms with E-state index in [9.17, 15) is 0 Å². The Morgan fingerprint density at radius 1 is 1.14 bits per heavy atom. The molecule has 0 aromatic rings. The first-order valence-electron chi connectivity index (χ1n) is 2.37. The van der Waals surface area contributed by atoms with E-state index in [1.54, 1.807) is 0 Å². The Morgan fingerprint density at radius 2 is 1.57 bits per heavy atom. The Balaban J connectivity index is 3.56. The topological polar surface area (TPSA) is 0 Å². The largest absolute Gasteiger partial charge is 0.230 e. The van der Waals surface area contributed by atoms with E-state index in [0.29, 0.717) is 0 Å². The van der Waals surface area contributed by atoms with Crippen LogP contribution in [-0.2, 0) is 0 Å². The van der Waals surface area contributed by atoms with Crippen LogP contribution >= 0.6 is 10.0 Å². The van der Waals surface area contributed by atoms with E-state index in [1.165, 1.54) is 0 Å². The Bertz CT molecular complexity index is 66.7. The van der Waals surface area contributed by atoms with Crippen molar-refractivity contribution in [3.05, 3.63) is 11.5 Å². The van der Waals surface area contributed by atoms with Crippen LogP contribution in [0, 0.1) is 0 Å². The van der Waals surface area contributed by atoms with Gasteiger partial charge in [-0.25, -0.2) is 10.0 Å². The molecule has 0 nitrogen and oxygen atoms in total. The van der Waals surface area contributed by atoms with E-state index < -0.39 is 0 Å². The summed E-state index contributed by atoms with van der Waals surface area (Å²) in [5.41, 5.74) is 0. The molecule has 1 heteroatoms. The van der Waals surface area contributed by atoms with Crippen molar-refractivity contribution in [1.82, 2.24) is 0 Å². The highest BCUT2D eigenvalue weighted by molar-refractivity contribution is 8.34. The molecule has 0 aliphatic carbocycles. The molecule has 0 aromatic carbocycles. The van der Waals surface area contributed by atoms with E-state index in [4.69, 9.17) is 0 Å². The highest BCUT2D eigenvalue weighted by atomic mass is 32.3. The highest BCUT2D eigenvalue weighted by Gasteiger charge is 1.92. The zero-order valence-electron chi connectivity index (χ0n) is 5.56. The van der Waals surface area contributed by atoms with Gasteiger partial charge in [-0.15, -0.1) is 0 Å². The van der Waals surface area contributed by atoms with Gasteiger partial charge in [-0.05, 0) is 25.7 Å². The van der Waals surface area contributed by atoms with Gasteiger partial charge in [-0.3, -0.25) is 0 Å². The second-order valence-corrected chi connectivity index (χ2v) is 6.54. The van der Waals surface area contributed by atoms with Crippen LogP contribution in [0.1, 0.15) is 6.92 Å². The van der Waals surface area contributed by atoms with E-state index in [2.05, 4.69) is 37.2 Å². The van der Waals surface area contributed by atoms with Gasteiger partial charge < -0.3 is 0 Å². The van der Waals surface area contributed by atoms with Gasteiger partial charge in [0.15, 0.2) is 0 Å². The van der Waals surface area contributed by atoms with Crippen LogP contribution in [0.25, 0.3) is 0 Å². The Kier molecular flexibility index (Phi) is 2.44. The maximum absolute atomic E-state index is 2.27. The van der Waals surface area contributed by atoms with Gasteiger partial charge in [-0.1, -0.05) is 11.5 Å².